The van der Waals surface area contributed by atoms with Crippen molar-refractivity contribution in [2.24, 2.45) is 5.92 Å². The SMILES string of the molecule is CCCCOc1cccc(-c2nc(C3CC(CN4CCC4)C3)n3ccnc(N)c23)c1. The minimum atomic E-state index is 0.489. The Kier molecular flexibility index (Phi) is 5.34. The van der Waals surface area contributed by atoms with Gasteiger partial charge in [-0.25, -0.2) is 9.97 Å². The first-order valence-corrected chi connectivity index (χ1v) is 11.3. The average molecular weight is 406 g/mol. The molecule has 0 atom stereocenters. The van der Waals surface area contributed by atoms with E-state index in [9.17, 15) is 0 Å². The number of imidazole rings is 1. The number of ether oxygens (including phenoxy) is 1. The van der Waals surface area contributed by atoms with Gasteiger partial charge >= 0.3 is 0 Å². The molecule has 2 aliphatic rings. The molecule has 1 aromatic carbocycles. The van der Waals surface area contributed by atoms with Gasteiger partial charge in [-0.2, -0.15) is 0 Å². The van der Waals surface area contributed by atoms with E-state index < -0.39 is 0 Å². The average Bonchev–Trinajstić information content (AvgIpc) is 3.07. The van der Waals surface area contributed by atoms with Crippen LogP contribution in [0.5, 0.6) is 5.75 Å². The van der Waals surface area contributed by atoms with Crippen molar-refractivity contribution < 1.29 is 4.74 Å². The molecule has 30 heavy (non-hydrogen) atoms. The zero-order valence-corrected chi connectivity index (χ0v) is 17.8. The topological polar surface area (TPSA) is 68.7 Å². The van der Waals surface area contributed by atoms with Crippen LogP contribution in [-0.2, 0) is 0 Å². The van der Waals surface area contributed by atoms with E-state index in [-0.39, 0.29) is 0 Å². The van der Waals surface area contributed by atoms with Crippen molar-refractivity contribution in [3.05, 3.63) is 42.5 Å². The van der Waals surface area contributed by atoms with Gasteiger partial charge in [0.1, 0.15) is 28.6 Å². The lowest BCUT2D eigenvalue weighted by Crippen LogP contribution is -2.43. The van der Waals surface area contributed by atoms with Crippen LogP contribution in [0.15, 0.2) is 36.7 Å². The molecule has 0 spiro atoms. The molecule has 1 aliphatic heterocycles. The maximum Gasteiger partial charge on any atom is 0.150 e. The fraction of sp³-hybridized carbons (Fsp3) is 0.500. The van der Waals surface area contributed by atoms with Crippen molar-refractivity contribution >= 4 is 11.3 Å². The monoisotopic (exact) mass is 405 g/mol. The van der Waals surface area contributed by atoms with Gasteiger partial charge in [0.05, 0.1) is 6.61 Å². The number of nitrogens with two attached hydrogens (primary N) is 1. The van der Waals surface area contributed by atoms with Crippen LogP contribution in [0.4, 0.5) is 5.82 Å². The molecule has 5 rings (SSSR count). The highest BCUT2D eigenvalue weighted by molar-refractivity contribution is 5.85. The third kappa shape index (κ3) is 3.65. The van der Waals surface area contributed by atoms with Crippen LogP contribution in [0.2, 0.25) is 0 Å². The quantitative estimate of drug-likeness (QED) is 0.564. The maximum absolute atomic E-state index is 6.31. The van der Waals surface area contributed by atoms with Gasteiger partial charge in [-0.1, -0.05) is 25.5 Å². The molecule has 1 saturated heterocycles. The minimum absolute atomic E-state index is 0.489. The molecule has 158 valence electrons. The molecule has 1 aliphatic carbocycles. The Morgan fingerprint density at radius 1 is 1.23 bits per heavy atom. The number of fused-ring (bicyclic) bond motifs is 1. The Bertz CT molecular complexity index is 1020. The summed E-state index contributed by atoms with van der Waals surface area (Å²) in [5.41, 5.74) is 9.16. The van der Waals surface area contributed by atoms with Crippen molar-refractivity contribution in [1.29, 1.82) is 0 Å². The highest BCUT2D eigenvalue weighted by Gasteiger charge is 2.35. The van der Waals surface area contributed by atoms with Crippen molar-refractivity contribution in [1.82, 2.24) is 19.3 Å². The maximum atomic E-state index is 6.31. The van der Waals surface area contributed by atoms with E-state index in [4.69, 9.17) is 15.5 Å². The zero-order valence-electron chi connectivity index (χ0n) is 17.8. The van der Waals surface area contributed by atoms with Gasteiger partial charge in [0, 0.05) is 30.4 Å². The summed E-state index contributed by atoms with van der Waals surface area (Å²) in [5.74, 6) is 3.81. The molecule has 2 N–H and O–H groups in total. The summed E-state index contributed by atoms with van der Waals surface area (Å²) in [5, 5.41) is 0. The van der Waals surface area contributed by atoms with Gasteiger partial charge in [-0.3, -0.25) is 4.40 Å². The number of benzene rings is 1. The lowest BCUT2D eigenvalue weighted by atomic mass is 9.74. The minimum Gasteiger partial charge on any atom is -0.494 e. The van der Waals surface area contributed by atoms with Crippen LogP contribution in [-0.4, -0.2) is 45.5 Å². The number of rotatable bonds is 8. The van der Waals surface area contributed by atoms with Gasteiger partial charge < -0.3 is 15.4 Å². The van der Waals surface area contributed by atoms with Crippen LogP contribution in [0.25, 0.3) is 16.8 Å². The number of hydrogen-bond donors (Lipinski definition) is 1. The van der Waals surface area contributed by atoms with Crippen LogP contribution >= 0.6 is 0 Å². The molecule has 0 amide bonds. The van der Waals surface area contributed by atoms with Crippen LogP contribution in [0, 0.1) is 5.92 Å². The molecule has 1 saturated carbocycles. The Balaban J connectivity index is 1.43. The van der Waals surface area contributed by atoms with E-state index >= 15 is 0 Å². The molecule has 0 bridgehead atoms. The highest BCUT2D eigenvalue weighted by Crippen LogP contribution is 2.44. The first-order valence-electron chi connectivity index (χ1n) is 11.3. The van der Waals surface area contributed by atoms with E-state index in [0.29, 0.717) is 11.7 Å². The number of nitrogens with zero attached hydrogens (tertiary/aromatic N) is 4. The Morgan fingerprint density at radius 2 is 2.10 bits per heavy atom. The van der Waals surface area contributed by atoms with E-state index in [1.54, 1.807) is 6.20 Å². The van der Waals surface area contributed by atoms with Crippen molar-refractivity contribution in [3.63, 3.8) is 0 Å². The molecule has 2 aromatic heterocycles. The van der Waals surface area contributed by atoms with Crippen LogP contribution in [0.3, 0.4) is 0 Å². The lowest BCUT2D eigenvalue weighted by Gasteiger charge is -2.41. The predicted molar refractivity (Wildman–Crippen MR) is 120 cm³/mol. The van der Waals surface area contributed by atoms with E-state index in [0.717, 1.165) is 53.7 Å². The molecular formula is C24H31N5O. The third-order valence-corrected chi connectivity index (χ3v) is 6.55. The molecule has 6 nitrogen and oxygen atoms in total. The number of unbranched alkanes of at least 4 members (excludes halogenated alkanes) is 1. The summed E-state index contributed by atoms with van der Waals surface area (Å²) in [7, 11) is 0. The van der Waals surface area contributed by atoms with Crippen molar-refractivity contribution in [2.45, 2.75) is 44.9 Å². The molecule has 3 heterocycles. The standard InChI is InChI=1S/C24H31N5O/c1-2-3-12-30-20-7-4-6-18(15-20)21-22-23(25)26-8-11-29(22)24(27-21)19-13-17(14-19)16-28-9-5-10-28/h4,6-8,11,15,17,19H,2-3,5,9-10,12-14,16H2,1H3,(H2,25,26). The smallest absolute Gasteiger partial charge is 0.150 e. The summed E-state index contributed by atoms with van der Waals surface area (Å²) in [6, 6.07) is 8.19. The van der Waals surface area contributed by atoms with Gasteiger partial charge in [0.15, 0.2) is 0 Å². The molecular weight excluding hydrogens is 374 g/mol. The molecule has 2 fully saturated rings. The zero-order chi connectivity index (χ0) is 20.5. The third-order valence-electron chi connectivity index (χ3n) is 6.55. The fourth-order valence-electron chi connectivity index (χ4n) is 4.67. The number of nitrogen functional groups attached to an aromatic ring is 1. The molecule has 3 aromatic rings. The van der Waals surface area contributed by atoms with E-state index in [1.165, 1.54) is 38.9 Å². The first-order chi connectivity index (χ1) is 14.7. The summed E-state index contributed by atoms with van der Waals surface area (Å²) in [4.78, 5) is 12.0. The number of aromatic nitrogens is 3. The Morgan fingerprint density at radius 3 is 2.87 bits per heavy atom. The Labute approximate surface area is 178 Å². The molecule has 0 unspecified atom stereocenters. The second kappa shape index (κ2) is 8.26. The largest absolute Gasteiger partial charge is 0.494 e. The van der Waals surface area contributed by atoms with Crippen LogP contribution in [0.1, 0.15) is 50.8 Å². The van der Waals surface area contributed by atoms with E-state index in [2.05, 4.69) is 33.3 Å². The van der Waals surface area contributed by atoms with Crippen LogP contribution < -0.4 is 10.5 Å². The summed E-state index contributed by atoms with van der Waals surface area (Å²) < 4.78 is 8.08. The lowest BCUT2D eigenvalue weighted by molar-refractivity contribution is 0.107. The highest BCUT2D eigenvalue weighted by atomic mass is 16.5. The van der Waals surface area contributed by atoms with Gasteiger partial charge in [-0.15, -0.1) is 0 Å². The summed E-state index contributed by atoms with van der Waals surface area (Å²) in [6.07, 6.45) is 9.72. The summed E-state index contributed by atoms with van der Waals surface area (Å²) in [6.45, 7) is 6.70. The first kappa shape index (κ1) is 19.4. The second-order valence-corrected chi connectivity index (χ2v) is 8.77. The van der Waals surface area contributed by atoms with Crippen molar-refractivity contribution in [3.8, 4) is 17.0 Å². The van der Waals surface area contributed by atoms with Crippen molar-refractivity contribution in [2.75, 3.05) is 32.0 Å². The second-order valence-electron chi connectivity index (χ2n) is 8.77. The fourth-order valence-corrected chi connectivity index (χ4v) is 4.67. The Hall–Kier alpha value is -2.60. The van der Waals surface area contributed by atoms with Gasteiger partial charge in [0.2, 0.25) is 0 Å². The number of hydrogen-bond acceptors (Lipinski definition) is 5. The normalized spacial score (nSPS) is 21.4. The molecule has 6 heteroatoms. The number of likely N-dealkylation sites (tertiary alicyclic amines) is 1. The van der Waals surface area contributed by atoms with Gasteiger partial charge in [-0.05, 0) is 56.8 Å². The van der Waals surface area contributed by atoms with Gasteiger partial charge in [0.25, 0.3) is 0 Å². The summed E-state index contributed by atoms with van der Waals surface area (Å²) >= 11 is 0. The molecule has 0 radical (unpaired) electrons. The number of anilines is 1. The predicted octanol–water partition coefficient (Wildman–Crippen LogP) is 4.36. The van der Waals surface area contributed by atoms with E-state index in [1.807, 2.05) is 18.3 Å².